The monoisotopic (exact) mass is 269 g/mol. The van der Waals surface area contributed by atoms with E-state index >= 15 is 0 Å². The van der Waals surface area contributed by atoms with Crippen LogP contribution in [0.4, 0.5) is 0 Å². The lowest BCUT2D eigenvalue weighted by atomic mass is 10.1. The summed E-state index contributed by atoms with van der Waals surface area (Å²) in [6.45, 7) is 1.75. The highest BCUT2D eigenvalue weighted by Gasteiger charge is 2.14. The quantitative estimate of drug-likeness (QED) is 0.524. The Kier molecular flexibility index (Phi) is 5.04. The van der Waals surface area contributed by atoms with Gasteiger partial charge in [0.15, 0.2) is 0 Å². The number of carbonyl (C=O) groups is 2. The predicted octanol–water partition coefficient (Wildman–Crippen LogP) is -1.02. The molecule has 0 aliphatic carbocycles. The molecule has 0 aromatic carbocycles. The fourth-order valence-electron chi connectivity index (χ4n) is 1.57. The number of H-pyrrole nitrogens is 2. The van der Waals surface area contributed by atoms with Crippen molar-refractivity contribution in [1.82, 2.24) is 15.3 Å². The van der Waals surface area contributed by atoms with E-state index in [1.165, 1.54) is 0 Å². The van der Waals surface area contributed by atoms with Gasteiger partial charge < -0.3 is 15.4 Å². The molecule has 0 radical (unpaired) electrons. The molecule has 8 nitrogen and oxygen atoms in total. The Morgan fingerprint density at radius 2 is 2.05 bits per heavy atom. The number of carbonyl (C=O) groups excluding carboxylic acids is 1. The lowest BCUT2D eigenvalue weighted by Gasteiger charge is -2.14. The summed E-state index contributed by atoms with van der Waals surface area (Å²) in [4.78, 5) is 48.5. The van der Waals surface area contributed by atoms with Gasteiger partial charge in [-0.25, -0.2) is 4.79 Å². The van der Waals surface area contributed by atoms with Gasteiger partial charge >= 0.3 is 11.7 Å². The summed E-state index contributed by atoms with van der Waals surface area (Å²) in [5.74, 6) is -1.45. The summed E-state index contributed by atoms with van der Waals surface area (Å²) in [6.07, 6.45) is 0.118. The van der Waals surface area contributed by atoms with Gasteiger partial charge in [0.05, 0.1) is 12.8 Å². The molecule has 0 spiro atoms. The Balaban J connectivity index is 2.66. The van der Waals surface area contributed by atoms with Crippen molar-refractivity contribution >= 4 is 11.9 Å². The van der Waals surface area contributed by atoms with E-state index < -0.39 is 29.2 Å². The van der Waals surface area contributed by atoms with Gasteiger partial charge in [0.25, 0.3) is 5.56 Å². The molecule has 8 heteroatoms. The molecule has 0 aliphatic heterocycles. The van der Waals surface area contributed by atoms with Gasteiger partial charge in [0.1, 0.15) is 0 Å². The van der Waals surface area contributed by atoms with Gasteiger partial charge in [-0.3, -0.25) is 19.4 Å². The van der Waals surface area contributed by atoms with Crippen LogP contribution in [-0.4, -0.2) is 33.0 Å². The number of hydrogen-bond acceptors (Lipinski definition) is 4. The van der Waals surface area contributed by atoms with E-state index in [9.17, 15) is 19.2 Å². The fourth-order valence-corrected chi connectivity index (χ4v) is 1.57. The van der Waals surface area contributed by atoms with Gasteiger partial charge in [-0.05, 0) is 6.42 Å². The number of aromatic nitrogens is 2. The van der Waals surface area contributed by atoms with Crippen molar-refractivity contribution in [3.8, 4) is 0 Å². The van der Waals surface area contributed by atoms with Crippen molar-refractivity contribution in [3.63, 3.8) is 0 Å². The lowest BCUT2D eigenvalue weighted by Crippen LogP contribution is -2.37. The van der Waals surface area contributed by atoms with E-state index in [4.69, 9.17) is 5.11 Å². The number of amides is 1. The minimum absolute atomic E-state index is 0.172. The summed E-state index contributed by atoms with van der Waals surface area (Å²) in [5, 5.41) is 11.2. The van der Waals surface area contributed by atoms with Gasteiger partial charge in [0.2, 0.25) is 5.91 Å². The summed E-state index contributed by atoms with van der Waals surface area (Å²) < 4.78 is 0. The molecule has 0 saturated heterocycles. The van der Waals surface area contributed by atoms with E-state index in [0.717, 1.165) is 6.07 Å². The Morgan fingerprint density at radius 3 is 2.58 bits per heavy atom. The first-order chi connectivity index (χ1) is 8.90. The zero-order valence-electron chi connectivity index (χ0n) is 10.4. The molecule has 1 aromatic rings. The zero-order chi connectivity index (χ0) is 14.4. The summed E-state index contributed by atoms with van der Waals surface area (Å²) in [6, 6.07) is 0.637. The molecular weight excluding hydrogens is 254 g/mol. The lowest BCUT2D eigenvalue weighted by molar-refractivity contribution is -0.137. The molecule has 0 bridgehead atoms. The first kappa shape index (κ1) is 14.7. The molecule has 1 atom stereocenters. The summed E-state index contributed by atoms with van der Waals surface area (Å²) in [5.41, 5.74) is -1.10. The highest BCUT2D eigenvalue weighted by atomic mass is 16.4. The third kappa shape index (κ3) is 5.19. The van der Waals surface area contributed by atoms with Crippen LogP contribution in [0.15, 0.2) is 15.7 Å². The molecule has 1 aromatic heterocycles. The number of aliphatic carboxylic acids is 1. The van der Waals surface area contributed by atoms with Crippen molar-refractivity contribution in [3.05, 3.63) is 32.6 Å². The third-order valence-electron chi connectivity index (χ3n) is 2.45. The van der Waals surface area contributed by atoms with E-state index in [1.807, 2.05) is 4.98 Å². The Morgan fingerprint density at radius 1 is 1.37 bits per heavy atom. The number of carboxylic acids is 1. The van der Waals surface area contributed by atoms with Crippen LogP contribution < -0.4 is 16.6 Å². The molecule has 1 amide bonds. The number of rotatable bonds is 6. The summed E-state index contributed by atoms with van der Waals surface area (Å²) >= 11 is 0. The maximum Gasteiger partial charge on any atom is 0.325 e. The van der Waals surface area contributed by atoms with Crippen molar-refractivity contribution < 1.29 is 14.7 Å². The van der Waals surface area contributed by atoms with Crippen LogP contribution in [0.5, 0.6) is 0 Å². The molecule has 1 unspecified atom stereocenters. The molecule has 19 heavy (non-hydrogen) atoms. The largest absolute Gasteiger partial charge is 0.481 e. The van der Waals surface area contributed by atoms with Crippen LogP contribution in [0.1, 0.15) is 25.5 Å². The molecule has 1 heterocycles. The summed E-state index contributed by atoms with van der Waals surface area (Å²) in [7, 11) is 0. The van der Waals surface area contributed by atoms with Crippen molar-refractivity contribution in [2.45, 2.75) is 32.2 Å². The molecule has 104 valence electrons. The minimum atomic E-state index is -1.00. The highest BCUT2D eigenvalue weighted by molar-refractivity contribution is 5.79. The van der Waals surface area contributed by atoms with E-state index in [-0.39, 0.29) is 18.5 Å². The minimum Gasteiger partial charge on any atom is -0.481 e. The van der Waals surface area contributed by atoms with Crippen LogP contribution in [0.2, 0.25) is 0 Å². The van der Waals surface area contributed by atoms with Crippen LogP contribution in [0, 0.1) is 0 Å². The molecule has 4 N–H and O–H groups in total. The van der Waals surface area contributed by atoms with E-state index in [2.05, 4.69) is 10.3 Å². The van der Waals surface area contributed by atoms with Crippen LogP contribution in [-0.2, 0) is 16.0 Å². The highest BCUT2D eigenvalue weighted by Crippen LogP contribution is 1.98. The Bertz CT molecular complexity index is 546. The van der Waals surface area contributed by atoms with Crippen molar-refractivity contribution in [2.24, 2.45) is 0 Å². The molecule has 0 saturated carbocycles. The maximum absolute atomic E-state index is 11.6. The number of carboxylic acid groups (broad SMARTS) is 1. The average Bonchev–Trinajstić information content (AvgIpc) is 2.25. The second-order valence-corrected chi connectivity index (χ2v) is 4.06. The predicted molar refractivity (Wildman–Crippen MR) is 65.9 cm³/mol. The number of aromatic amines is 2. The average molecular weight is 269 g/mol. The van der Waals surface area contributed by atoms with Gasteiger partial charge in [-0.15, -0.1) is 0 Å². The standard InChI is InChI=1S/C11H15N3O5/c1-2-6(5-10(17)18)12-8(15)3-7-4-9(16)14-11(19)13-7/h4,6H,2-3,5H2,1H3,(H,12,15)(H,17,18)(H2,13,14,16,19). The van der Waals surface area contributed by atoms with Crippen LogP contribution in [0.3, 0.4) is 0 Å². The smallest absolute Gasteiger partial charge is 0.325 e. The molecular formula is C11H15N3O5. The number of nitrogens with one attached hydrogen (secondary N) is 3. The third-order valence-corrected chi connectivity index (χ3v) is 2.45. The van der Waals surface area contributed by atoms with Crippen LogP contribution >= 0.6 is 0 Å². The van der Waals surface area contributed by atoms with Crippen molar-refractivity contribution in [2.75, 3.05) is 0 Å². The Hall–Kier alpha value is -2.38. The van der Waals surface area contributed by atoms with Gasteiger partial charge in [0, 0.05) is 17.8 Å². The second kappa shape index (κ2) is 6.53. The van der Waals surface area contributed by atoms with Crippen LogP contribution in [0.25, 0.3) is 0 Å². The molecule has 1 rings (SSSR count). The second-order valence-electron chi connectivity index (χ2n) is 4.06. The fraction of sp³-hybridized carbons (Fsp3) is 0.455. The first-order valence-electron chi connectivity index (χ1n) is 5.74. The normalized spacial score (nSPS) is 11.8. The van der Waals surface area contributed by atoms with Gasteiger partial charge in [-0.2, -0.15) is 0 Å². The first-order valence-corrected chi connectivity index (χ1v) is 5.74. The maximum atomic E-state index is 11.6. The van der Waals surface area contributed by atoms with Gasteiger partial charge in [-0.1, -0.05) is 6.92 Å². The van der Waals surface area contributed by atoms with E-state index in [1.54, 1.807) is 6.92 Å². The Labute approximate surface area is 107 Å². The topological polar surface area (TPSA) is 132 Å². The number of hydrogen-bond donors (Lipinski definition) is 4. The molecule has 0 fully saturated rings. The van der Waals surface area contributed by atoms with E-state index in [0.29, 0.717) is 6.42 Å². The molecule has 0 aliphatic rings. The van der Waals surface area contributed by atoms with Crippen molar-refractivity contribution in [1.29, 1.82) is 0 Å². The zero-order valence-corrected chi connectivity index (χ0v) is 10.4. The SMILES string of the molecule is CCC(CC(=O)O)NC(=O)Cc1cc(=O)[nH]c(=O)[nH]1.